The number of hydrogen-bond donors (Lipinski definition) is 0. The zero-order valence-corrected chi connectivity index (χ0v) is 11.6. The van der Waals surface area contributed by atoms with Gasteiger partial charge < -0.3 is 18.9 Å². The van der Waals surface area contributed by atoms with Crippen molar-refractivity contribution in [3.63, 3.8) is 0 Å². The predicted octanol–water partition coefficient (Wildman–Crippen LogP) is 2.07. The van der Waals surface area contributed by atoms with Gasteiger partial charge in [-0.1, -0.05) is 0 Å². The van der Waals surface area contributed by atoms with Gasteiger partial charge in [-0.3, -0.25) is 0 Å². The Morgan fingerprint density at radius 2 is 1.29 bits per heavy atom. The fraction of sp³-hybridized carbons (Fsp3) is 0.923. The number of rotatable bonds is 11. The van der Waals surface area contributed by atoms with Crippen molar-refractivity contribution in [3.8, 4) is 0 Å². The molecule has 0 aliphatic carbocycles. The molecule has 17 heavy (non-hydrogen) atoms. The van der Waals surface area contributed by atoms with Crippen molar-refractivity contribution in [2.75, 3.05) is 33.0 Å². The lowest BCUT2D eigenvalue weighted by Gasteiger charge is -2.19. The summed E-state index contributed by atoms with van der Waals surface area (Å²) in [5.74, 6) is 0. The smallest absolute Gasteiger partial charge is 0.0781 e. The summed E-state index contributed by atoms with van der Waals surface area (Å²) in [6.45, 7) is 14.5. The van der Waals surface area contributed by atoms with Crippen LogP contribution < -0.4 is 0 Å². The van der Waals surface area contributed by atoms with E-state index in [1.807, 2.05) is 27.7 Å². The highest BCUT2D eigenvalue weighted by atomic mass is 16.6. The van der Waals surface area contributed by atoms with Gasteiger partial charge in [0.2, 0.25) is 0 Å². The van der Waals surface area contributed by atoms with Crippen molar-refractivity contribution in [2.45, 2.75) is 46.0 Å². The molecule has 4 nitrogen and oxygen atoms in total. The summed E-state index contributed by atoms with van der Waals surface area (Å²) in [5.41, 5.74) is 0. The standard InChI is InChI=1S/C13H27O4/c1-6-14-8-11(3)16-10-13(5)17-9-12(4)15-7-2/h11-13H,1,6-10H2,2-5H3. The highest BCUT2D eigenvalue weighted by molar-refractivity contribution is 4.55. The summed E-state index contributed by atoms with van der Waals surface area (Å²) in [7, 11) is 0. The van der Waals surface area contributed by atoms with E-state index in [0.29, 0.717) is 26.4 Å². The van der Waals surface area contributed by atoms with Gasteiger partial charge >= 0.3 is 0 Å². The molecular weight excluding hydrogens is 220 g/mol. The third kappa shape index (κ3) is 10.7. The fourth-order valence-corrected chi connectivity index (χ4v) is 1.28. The SMILES string of the molecule is [CH2]COCC(C)OCC(C)OCC(C)OCC. The van der Waals surface area contributed by atoms with Gasteiger partial charge in [0, 0.05) is 13.2 Å². The van der Waals surface area contributed by atoms with E-state index in [0.717, 1.165) is 6.61 Å². The minimum Gasteiger partial charge on any atom is -0.379 e. The van der Waals surface area contributed by atoms with E-state index in [1.54, 1.807) is 0 Å². The summed E-state index contributed by atoms with van der Waals surface area (Å²) >= 11 is 0. The van der Waals surface area contributed by atoms with Crippen LogP contribution >= 0.6 is 0 Å². The van der Waals surface area contributed by atoms with Crippen molar-refractivity contribution < 1.29 is 18.9 Å². The third-order valence-electron chi connectivity index (χ3n) is 2.18. The molecule has 0 rings (SSSR count). The molecule has 0 amide bonds. The molecule has 0 bridgehead atoms. The van der Waals surface area contributed by atoms with Crippen LogP contribution in [0.4, 0.5) is 0 Å². The Labute approximate surface area is 106 Å². The predicted molar refractivity (Wildman–Crippen MR) is 68.1 cm³/mol. The molecular formula is C13H27O4. The first-order chi connectivity index (χ1) is 8.10. The molecule has 1 radical (unpaired) electrons. The quantitative estimate of drug-likeness (QED) is 0.560. The van der Waals surface area contributed by atoms with E-state index in [4.69, 9.17) is 18.9 Å². The van der Waals surface area contributed by atoms with Crippen LogP contribution in [0.3, 0.4) is 0 Å². The second-order valence-corrected chi connectivity index (χ2v) is 4.13. The number of ether oxygens (including phenoxy) is 4. The van der Waals surface area contributed by atoms with Gasteiger partial charge in [0.1, 0.15) is 0 Å². The Hall–Kier alpha value is -0.160. The van der Waals surface area contributed by atoms with Gasteiger partial charge in [-0.05, 0) is 34.6 Å². The molecule has 0 heterocycles. The highest BCUT2D eigenvalue weighted by Gasteiger charge is 2.09. The summed E-state index contributed by atoms with van der Waals surface area (Å²) in [6, 6.07) is 0. The molecule has 0 spiro atoms. The van der Waals surface area contributed by atoms with Gasteiger partial charge in [-0.15, -0.1) is 0 Å². The minimum absolute atomic E-state index is 0.0695. The molecule has 0 fully saturated rings. The molecule has 103 valence electrons. The lowest BCUT2D eigenvalue weighted by Crippen LogP contribution is -2.26. The molecule has 0 saturated heterocycles. The van der Waals surface area contributed by atoms with E-state index in [2.05, 4.69) is 6.92 Å². The Morgan fingerprint density at radius 1 is 0.824 bits per heavy atom. The second-order valence-electron chi connectivity index (χ2n) is 4.13. The monoisotopic (exact) mass is 247 g/mol. The number of hydrogen-bond acceptors (Lipinski definition) is 4. The van der Waals surface area contributed by atoms with Crippen molar-refractivity contribution in [1.29, 1.82) is 0 Å². The molecule has 0 aromatic heterocycles. The summed E-state index contributed by atoms with van der Waals surface area (Å²) in [4.78, 5) is 0. The molecule has 0 aromatic rings. The molecule has 4 heteroatoms. The van der Waals surface area contributed by atoms with Crippen LogP contribution in [0, 0.1) is 6.92 Å². The van der Waals surface area contributed by atoms with Crippen molar-refractivity contribution in [1.82, 2.24) is 0 Å². The molecule has 3 unspecified atom stereocenters. The van der Waals surface area contributed by atoms with E-state index < -0.39 is 0 Å². The van der Waals surface area contributed by atoms with Crippen molar-refractivity contribution >= 4 is 0 Å². The van der Waals surface area contributed by atoms with E-state index in [1.165, 1.54) is 0 Å². The average Bonchev–Trinajstić information content (AvgIpc) is 2.31. The Kier molecular flexibility index (Phi) is 10.9. The highest BCUT2D eigenvalue weighted by Crippen LogP contribution is 2.00. The maximum Gasteiger partial charge on any atom is 0.0781 e. The third-order valence-corrected chi connectivity index (χ3v) is 2.18. The zero-order valence-electron chi connectivity index (χ0n) is 11.6. The first-order valence-electron chi connectivity index (χ1n) is 6.31. The van der Waals surface area contributed by atoms with Crippen LogP contribution in [0.1, 0.15) is 27.7 Å². The largest absolute Gasteiger partial charge is 0.379 e. The van der Waals surface area contributed by atoms with Crippen molar-refractivity contribution in [3.05, 3.63) is 6.92 Å². The molecule has 3 atom stereocenters. The normalized spacial score (nSPS) is 16.8. The van der Waals surface area contributed by atoms with Crippen LogP contribution in [0.15, 0.2) is 0 Å². The van der Waals surface area contributed by atoms with Gasteiger partial charge in [0.25, 0.3) is 0 Å². The summed E-state index contributed by atoms with van der Waals surface area (Å²) in [6.07, 6.45) is 0.279. The molecule has 0 aliphatic heterocycles. The van der Waals surface area contributed by atoms with E-state index in [-0.39, 0.29) is 18.3 Å². The van der Waals surface area contributed by atoms with Gasteiger partial charge in [0.05, 0.1) is 38.1 Å². The van der Waals surface area contributed by atoms with Crippen LogP contribution in [-0.2, 0) is 18.9 Å². The summed E-state index contributed by atoms with van der Waals surface area (Å²) in [5, 5.41) is 0. The van der Waals surface area contributed by atoms with Crippen LogP contribution in [0.25, 0.3) is 0 Å². The van der Waals surface area contributed by atoms with Crippen molar-refractivity contribution in [2.24, 2.45) is 0 Å². The van der Waals surface area contributed by atoms with Crippen LogP contribution in [-0.4, -0.2) is 51.3 Å². The lowest BCUT2D eigenvalue weighted by molar-refractivity contribution is -0.0773. The fourth-order valence-electron chi connectivity index (χ4n) is 1.28. The van der Waals surface area contributed by atoms with Gasteiger partial charge in [-0.2, -0.15) is 0 Å². The first kappa shape index (κ1) is 16.8. The molecule has 0 aliphatic rings. The van der Waals surface area contributed by atoms with Crippen LogP contribution in [0.2, 0.25) is 0 Å². The minimum atomic E-state index is 0.0695. The van der Waals surface area contributed by atoms with Gasteiger partial charge in [-0.25, -0.2) is 0 Å². The maximum atomic E-state index is 5.61. The lowest BCUT2D eigenvalue weighted by atomic mass is 10.4. The Bertz CT molecular complexity index is 163. The van der Waals surface area contributed by atoms with E-state index in [9.17, 15) is 0 Å². The summed E-state index contributed by atoms with van der Waals surface area (Å²) < 4.78 is 21.7. The van der Waals surface area contributed by atoms with E-state index >= 15 is 0 Å². The molecule has 0 saturated carbocycles. The molecule has 0 aromatic carbocycles. The van der Waals surface area contributed by atoms with Gasteiger partial charge in [0.15, 0.2) is 0 Å². The Morgan fingerprint density at radius 3 is 1.76 bits per heavy atom. The second kappa shape index (κ2) is 11.0. The van der Waals surface area contributed by atoms with Crippen LogP contribution in [0.5, 0.6) is 0 Å². The topological polar surface area (TPSA) is 36.9 Å². The maximum absolute atomic E-state index is 5.61. The first-order valence-corrected chi connectivity index (χ1v) is 6.31. The Balaban J connectivity index is 3.48. The zero-order chi connectivity index (χ0) is 13.1. The average molecular weight is 247 g/mol. The molecule has 0 N–H and O–H groups in total.